The molecule has 3 aromatic carbocycles. The van der Waals surface area contributed by atoms with Crippen molar-refractivity contribution < 1.29 is 14.7 Å². The van der Waals surface area contributed by atoms with Crippen molar-refractivity contribution in [3.63, 3.8) is 0 Å². The van der Waals surface area contributed by atoms with Gasteiger partial charge in [-0.25, -0.2) is 0 Å². The molecule has 0 bridgehead atoms. The first-order chi connectivity index (χ1) is 14.3. The molecular weight excluding hydrogens is 374 g/mol. The highest BCUT2D eigenvalue weighted by Crippen LogP contribution is 2.43. The van der Waals surface area contributed by atoms with Crippen LogP contribution in [0, 0.1) is 20.8 Å². The first-order valence-corrected chi connectivity index (χ1v) is 10.1. The molecule has 1 amide bonds. The SMILES string of the molecule is Cc1ccc(C)c(C(=O)C[C@@]2(O)C(=O)N(Cc3ccccc3C)c3ccccc32)c1. The minimum absolute atomic E-state index is 0.236. The summed E-state index contributed by atoms with van der Waals surface area (Å²) in [6.45, 7) is 6.14. The molecule has 152 valence electrons. The summed E-state index contributed by atoms with van der Waals surface area (Å²) in [5, 5.41) is 11.5. The average Bonchev–Trinajstić information content (AvgIpc) is 2.93. The Labute approximate surface area is 176 Å². The number of nitrogens with zero attached hydrogens (tertiary/aromatic N) is 1. The number of hydrogen-bond acceptors (Lipinski definition) is 3. The highest BCUT2D eigenvalue weighted by molar-refractivity contribution is 6.11. The van der Waals surface area contributed by atoms with Crippen molar-refractivity contribution in [2.24, 2.45) is 0 Å². The average molecular weight is 399 g/mol. The number of para-hydroxylation sites is 1. The number of rotatable bonds is 5. The predicted octanol–water partition coefficient (Wildman–Crippen LogP) is 4.62. The van der Waals surface area contributed by atoms with E-state index in [1.54, 1.807) is 17.0 Å². The highest BCUT2D eigenvalue weighted by atomic mass is 16.3. The molecule has 0 aromatic heterocycles. The second kappa shape index (κ2) is 7.54. The van der Waals surface area contributed by atoms with Gasteiger partial charge in [-0.05, 0) is 49.6 Å². The van der Waals surface area contributed by atoms with Crippen LogP contribution >= 0.6 is 0 Å². The fourth-order valence-electron chi connectivity index (χ4n) is 4.16. The summed E-state index contributed by atoms with van der Waals surface area (Å²) >= 11 is 0. The zero-order valence-electron chi connectivity index (χ0n) is 17.5. The minimum atomic E-state index is -1.87. The number of carbonyl (C=O) groups excluding carboxylic acids is 2. The van der Waals surface area contributed by atoms with Crippen LogP contribution in [-0.4, -0.2) is 16.8 Å². The molecule has 1 aliphatic heterocycles. The number of benzene rings is 3. The molecule has 0 fully saturated rings. The molecule has 1 N–H and O–H groups in total. The number of anilines is 1. The summed E-state index contributed by atoms with van der Waals surface area (Å²) in [4.78, 5) is 28.2. The Bertz CT molecular complexity index is 1150. The second-order valence-corrected chi connectivity index (χ2v) is 8.11. The Hall–Kier alpha value is -3.24. The number of fused-ring (bicyclic) bond motifs is 1. The molecule has 4 rings (SSSR count). The van der Waals surface area contributed by atoms with Crippen LogP contribution in [0.2, 0.25) is 0 Å². The molecule has 0 aliphatic carbocycles. The van der Waals surface area contributed by atoms with Crippen LogP contribution in [0.25, 0.3) is 0 Å². The Morgan fingerprint density at radius 2 is 1.63 bits per heavy atom. The van der Waals surface area contributed by atoms with Crippen molar-refractivity contribution >= 4 is 17.4 Å². The smallest absolute Gasteiger partial charge is 0.264 e. The summed E-state index contributed by atoms with van der Waals surface area (Å²) in [6, 6.07) is 20.7. The van der Waals surface area contributed by atoms with E-state index in [0.717, 1.165) is 22.3 Å². The third-order valence-electron chi connectivity index (χ3n) is 5.94. The predicted molar refractivity (Wildman–Crippen MR) is 118 cm³/mol. The highest BCUT2D eigenvalue weighted by Gasteiger charge is 2.50. The van der Waals surface area contributed by atoms with Gasteiger partial charge in [0.15, 0.2) is 11.4 Å². The molecule has 3 aromatic rings. The molecular formula is C26H25NO3. The van der Waals surface area contributed by atoms with Gasteiger partial charge in [0.05, 0.1) is 18.7 Å². The van der Waals surface area contributed by atoms with Gasteiger partial charge in [0.1, 0.15) is 0 Å². The summed E-state index contributed by atoms with van der Waals surface area (Å²) < 4.78 is 0. The van der Waals surface area contributed by atoms with Crippen LogP contribution in [0.1, 0.15) is 44.6 Å². The molecule has 1 aliphatic rings. The van der Waals surface area contributed by atoms with E-state index in [-0.39, 0.29) is 12.2 Å². The van der Waals surface area contributed by atoms with Crippen LogP contribution in [0.3, 0.4) is 0 Å². The quantitative estimate of drug-likeness (QED) is 0.637. The van der Waals surface area contributed by atoms with Crippen molar-refractivity contribution in [1.29, 1.82) is 0 Å². The van der Waals surface area contributed by atoms with E-state index in [1.807, 2.05) is 75.4 Å². The first-order valence-electron chi connectivity index (χ1n) is 10.1. The molecule has 0 saturated heterocycles. The molecule has 1 heterocycles. The van der Waals surface area contributed by atoms with E-state index >= 15 is 0 Å². The topological polar surface area (TPSA) is 57.6 Å². The lowest BCUT2D eigenvalue weighted by molar-refractivity contribution is -0.136. The summed E-state index contributed by atoms with van der Waals surface area (Å²) in [5.74, 6) is -0.690. The van der Waals surface area contributed by atoms with Crippen LogP contribution < -0.4 is 4.90 Å². The Balaban J connectivity index is 1.71. The molecule has 0 spiro atoms. The van der Waals surface area contributed by atoms with Crippen molar-refractivity contribution in [3.8, 4) is 0 Å². The fraction of sp³-hybridized carbons (Fsp3) is 0.231. The van der Waals surface area contributed by atoms with Crippen molar-refractivity contribution in [3.05, 3.63) is 100 Å². The number of ketones is 1. The van der Waals surface area contributed by atoms with Gasteiger partial charge in [-0.2, -0.15) is 0 Å². The van der Waals surface area contributed by atoms with Crippen LogP contribution in [-0.2, 0) is 16.9 Å². The number of Topliss-reactive ketones (excluding diaryl/α,β-unsaturated/α-hetero) is 1. The fourth-order valence-corrected chi connectivity index (χ4v) is 4.16. The summed E-state index contributed by atoms with van der Waals surface area (Å²) in [5.41, 5.74) is 3.71. The van der Waals surface area contributed by atoms with Crippen molar-refractivity contribution in [2.45, 2.75) is 39.3 Å². The van der Waals surface area contributed by atoms with Gasteiger partial charge >= 0.3 is 0 Å². The van der Waals surface area contributed by atoms with Gasteiger partial charge in [0.2, 0.25) is 0 Å². The molecule has 0 radical (unpaired) electrons. The lowest BCUT2D eigenvalue weighted by Crippen LogP contribution is -2.41. The Morgan fingerprint density at radius 1 is 0.933 bits per heavy atom. The minimum Gasteiger partial charge on any atom is -0.375 e. The van der Waals surface area contributed by atoms with E-state index in [9.17, 15) is 14.7 Å². The van der Waals surface area contributed by atoms with E-state index in [2.05, 4.69) is 0 Å². The Morgan fingerprint density at radius 3 is 2.40 bits per heavy atom. The van der Waals surface area contributed by atoms with Crippen molar-refractivity contribution in [2.75, 3.05) is 4.90 Å². The molecule has 30 heavy (non-hydrogen) atoms. The zero-order chi connectivity index (χ0) is 21.5. The van der Waals surface area contributed by atoms with Gasteiger partial charge in [0, 0.05) is 11.1 Å². The van der Waals surface area contributed by atoms with Gasteiger partial charge in [-0.15, -0.1) is 0 Å². The van der Waals surface area contributed by atoms with Gasteiger partial charge in [-0.1, -0.05) is 60.2 Å². The number of carbonyl (C=O) groups is 2. The molecule has 0 saturated carbocycles. The van der Waals surface area contributed by atoms with Gasteiger partial charge < -0.3 is 10.0 Å². The number of aliphatic hydroxyl groups is 1. The summed E-state index contributed by atoms with van der Waals surface area (Å²) in [6.07, 6.45) is -0.280. The summed E-state index contributed by atoms with van der Waals surface area (Å²) in [7, 11) is 0. The maximum atomic E-state index is 13.4. The van der Waals surface area contributed by atoms with Crippen LogP contribution in [0.15, 0.2) is 66.7 Å². The molecule has 4 nitrogen and oxygen atoms in total. The lowest BCUT2D eigenvalue weighted by Gasteiger charge is -2.23. The maximum Gasteiger partial charge on any atom is 0.264 e. The van der Waals surface area contributed by atoms with Gasteiger partial charge in [0.25, 0.3) is 5.91 Å². The van der Waals surface area contributed by atoms with Crippen LogP contribution in [0.4, 0.5) is 5.69 Å². The monoisotopic (exact) mass is 399 g/mol. The normalized spacial score (nSPS) is 17.9. The largest absolute Gasteiger partial charge is 0.375 e. The lowest BCUT2D eigenvalue weighted by atomic mass is 9.87. The van der Waals surface area contributed by atoms with E-state index in [1.165, 1.54) is 0 Å². The maximum absolute atomic E-state index is 13.4. The van der Waals surface area contributed by atoms with E-state index in [4.69, 9.17) is 0 Å². The van der Waals surface area contributed by atoms with E-state index in [0.29, 0.717) is 23.4 Å². The molecule has 1 atom stereocenters. The Kier molecular flexibility index (Phi) is 5.04. The standard InChI is InChI=1S/C26H25NO3/c1-17-12-13-19(3)21(14-17)24(28)15-26(30)22-10-6-7-11-23(22)27(25(26)29)16-20-9-5-4-8-18(20)2/h4-14,30H,15-16H2,1-3H3/t26-/m0/s1. The van der Waals surface area contributed by atoms with Gasteiger partial charge in [-0.3, -0.25) is 9.59 Å². The first kappa shape index (κ1) is 20.0. The van der Waals surface area contributed by atoms with Crippen molar-refractivity contribution in [1.82, 2.24) is 0 Å². The zero-order valence-corrected chi connectivity index (χ0v) is 17.5. The number of hydrogen-bond donors (Lipinski definition) is 1. The number of aryl methyl sites for hydroxylation is 3. The number of amides is 1. The second-order valence-electron chi connectivity index (χ2n) is 8.11. The molecule has 4 heteroatoms. The van der Waals surface area contributed by atoms with E-state index < -0.39 is 11.5 Å². The van der Waals surface area contributed by atoms with Crippen LogP contribution in [0.5, 0.6) is 0 Å². The molecule has 0 unspecified atom stereocenters. The third-order valence-corrected chi connectivity index (χ3v) is 5.94. The third kappa shape index (κ3) is 3.33.